The third-order valence-corrected chi connectivity index (χ3v) is 4.64. The number of hydrogen-bond acceptors (Lipinski definition) is 3. The summed E-state index contributed by atoms with van der Waals surface area (Å²) in [5, 5.41) is 3.14. The number of anilines is 1. The van der Waals surface area contributed by atoms with Gasteiger partial charge in [-0.15, -0.1) is 0 Å². The Kier molecular flexibility index (Phi) is 4.73. The normalized spacial score (nSPS) is 21.8. The van der Waals surface area contributed by atoms with Crippen molar-refractivity contribution in [1.29, 1.82) is 0 Å². The predicted molar refractivity (Wildman–Crippen MR) is 86.4 cm³/mol. The van der Waals surface area contributed by atoms with E-state index in [9.17, 15) is 22.8 Å². The zero-order valence-electron chi connectivity index (χ0n) is 13.9. The van der Waals surface area contributed by atoms with Crippen LogP contribution in [0.15, 0.2) is 18.2 Å². The fourth-order valence-corrected chi connectivity index (χ4v) is 3.28. The Bertz CT molecular complexity index is 690. The van der Waals surface area contributed by atoms with Crippen LogP contribution >= 0.6 is 0 Å². The first-order chi connectivity index (χ1) is 11.8. The number of alkyl halides is 3. The second-order valence-corrected chi connectivity index (χ2v) is 6.47. The third kappa shape index (κ3) is 3.63. The molecule has 0 saturated carbocycles. The van der Waals surface area contributed by atoms with E-state index in [4.69, 9.17) is 0 Å². The van der Waals surface area contributed by atoms with Crippen LogP contribution in [0.4, 0.5) is 18.9 Å². The number of benzene rings is 1. The summed E-state index contributed by atoms with van der Waals surface area (Å²) in [6, 6.07) is 3.12. The number of amides is 2. The first-order valence-corrected chi connectivity index (χ1v) is 8.31. The van der Waals surface area contributed by atoms with Gasteiger partial charge < -0.3 is 15.1 Å². The molecule has 0 unspecified atom stereocenters. The number of hydrogen-bond donors (Lipinski definition) is 1. The first-order valence-electron chi connectivity index (χ1n) is 8.31. The highest BCUT2D eigenvalue weighted by atomic mass is 19.4. The Balaban J connectivity index is 2.00. The van der Waals surface area contributed by atoms with Crippen LogP contribution in [0.3, 0.4) is 0 Å². The molecular formula is C17H20F3N3O2. The van der Waals surface area contributed by atoms with Crippen molar-refractivity contribution in [2.75, 3.05) is 31.1 Å². The fourth-order valence-electron chi connectivity index (χ4n) is 3.28. The van der Waals surface area contributed by atoms with Crippen molar-refractivity contribution >= 4 is 17.5 Å². The molecule has 2 aliphatic heterocycles. The molecule has 0 aliphatic carbocycles. The van der Waals surface area contributed by atoms with Crippen LogP contribution in [-0.4, -0.2) is 48.9 Å². The van der Waals surface area contributed by atoms with E-state index in [0.29, 0.717) is 39.0 Å². The third-order valence-electron chi connectivity index (χ3n) is 4.64. The minimum Gasteiger partial charge on any atom is -0.333 e. The van der Waals surface area contributed by atoms with Gasteiger partial charge >= 0.3 is 6.18 Å². The molecular weight excluding hydrogens is 335 g/mol. The monoisotopic (exact) mass is 355 g/mol. The highest BCUT2D eigenvalue weighted by Gasteiger charge is 2.34. The summed E-state index contributed by atoms with van der Waals surface area (Å²) in [5.41, 5.74) is -0.794. The van der Waals surface area contributed by atoms with Crippen LogP contribution in [0.1, 0.15) is 35.7 Å². The van der Waals surface area contributed by atoms with Gasteiger partial charge in [-0.25, -0.2) is 0 Å². The van der Waals surface area contributed by atoms with Gasteiger partial charge in [0.05, 0.1) is 5.56 Å². The molecule has 0 aromatic heterocycles. The average Bonchev–Trinajstić information content (AvgIpc) is 2.99. The van der Waals surface area contributed by atoms with Gasteiger partial charge in [-0.2, -0.15) is 13.2 Å². The SMILES string of the molecule is C[C@@H]1CNCCN1C(=O)c1cc(N2CCCC2=O)cc(C(F)(F)F)c1. The molecule has 1 atom stereocenters. The van der Waals surface area contributed by atoms with Crippen molar-refractivity contribution < 1.29 is 22.8 Å². The number of piperazine rings is 1. The maximum Gasteiger partial charge on any atom is 0.416 e. The van der Waals surface area contributed by atoms with E-state index in [1.54, 1.807) is 4.90 Å². The molecule has 0 radical (unpaired) electrons. The number of nitrogens with zero attached hydrogens (tertiary/aromatic N) is 2. The summed E-state index contributed by atoms with van der Waals surface area (Å²) in [5.74, 6) is -0.652. The minimum absolute atomic E-state index is 0.0294. The van der Waals surface area contributed by atoms with Crippen LogP contribution in [0, 0.1) is 0 Å². The topological polar surface area (TPSA) is 52.7 Å². The van der Waals surface area contributed by atoms with Gasteiger partial charge in [-0.3, -0.25) is 9.59 Å². The van der Waals surface area contributed by atoms with Crippen molar-refractivity contribution in [2.45, 2.75) is 32.0 Å². The molecule has 1 aromatic rings. The van der Waals surface area contributed by atoms with E-state index in [1.165, 1.54) is 11.0 Å². The van der Waals surface area contributed by atoms with E-state index in [0.717, 1.165) is 12.1 Å². The molecule has 2 amide bonds. The first kappa shape index (κ1) is 17.7. The summed E-state index contributed by atoms with van der Waals surface area (Å²) in [4.78, 5) is 27.6. The van der Waals surface area contributed by atoms with Crippen LogP contribution in [0.25, 0.3) is 0 Å². The second kappa shape index (κ2) is 6.67. The van der Waals surface area contributed by atoms with Gasteiger partial charge in [-0.1, -0.05) is 0 Å². The molecule has 136 valence electrons. The maximum absolute atomic E-state index is 13.3. The van der Waals surface area contributed by atoms with E-state index >= 15 is 0 Å². The van der Waals surface area contributed by atoms with Gasteiger partial charge in [0, 0.05) is 49.9 Å². The van der Waals surface area contributed by atoms with Crippen molar-refractivity contribution in [3.8, 4) is 0 Å². The summed E-state index contributed by atoms with van der Waals surface area (Å²) in [6.07, 6.45) is -3.66. The molecule has 2 heterocycles. The number of nitrogens with one attached hydrogen (secondary N) is 1. The quantitative estimate of drug-likeness (QED) is 0.886. The summed E-state index contributed by atoms with van der Waals surface area (Å²) in [6.45, 7) is 3.86. The molecule has 0 spiro atoms. The van der Waals surface area contributed by atoms with Gasteiger partial charge in [0.25, 0.3) is 5.91 Å². The lowest BCUT2D eigenvalue weighted by Crippen LogP contribution is -2.52. The number of halogens is 3. The van der Waals surface area contributed by atoms with E-state index in [1.807, 2.05) is 6.92 Å². The number of carbonyl (C=O) groups is 2. The maximum atomic E-state index is 13.3. The molecule has 2 fully saturated rings. The molecule has 1 aromatic carbocycles. The lowest BCUT2D eigenvalue weighted by atomic mass is 10.1. The predicted octanol–water partition coefficient (Wildman–Crippen LogP) is 2.27. The zero-order valence-corrected chi connectivity index (χ0v) is 13.9. The Morgan fingerprint density at radius 1 is 1.24 bits per heavy atom. The second-order valence-electron chi connectivity index (χ2n) is 6.47. The van der Waals surface area contributed by atoms with Crippen molar-refractivity contribution in [1.82, 2.24) is 10.2 Å². The van der Waals surface area contributed by atoms with Crippen molar-refractivity contribution in [2.24, 2.45) is 0 Å². The summed E-state index contributed by atoms with van der Waals surface area (Å²) in [7, 11) is 0. The van der Waals surface area contributed by atoms with Crippen molar-refractivity contribution in [3.63, 3.8) is 0 Å². The summed E-state index contributed by atoms with van der Waals surface area (Å²) < 4.78 is 39.8. The largest absolute Gasteiger partial charge is 0.416 e. The van der Waals surface area contributed by atoms with Gasteiger partial charge in [0.15, 0.2) is 0 Å². The van der Waals surface area contributed by atoms with Crippen molar-refractivity contribution in [3.05, 3.63) is 29.3 Å². The molecule has 2 aliphatic rings. The van der Waals surface area contributed by atoms with E-state index in [-0.39, 0.29) is 23.2 Å². The Morgan fingerprint density at radius 3 is 2.60 bits per heavy atom. The molecule has 25 heavy (non-hydrogen) atoms. The lowest BCUT2D eigenvalue weighted by molar-refractivity contribution is -0.137. The molecule has 1 N–H and O–H groups in total. The zero-order chi connectivity index (χ0) is 18.2. The Labute approximate surface area is 143 Å². The average molecular weight is 355 g/mol. The highest BCUT2D eigenvalue weighted by molar-refractivity contribution is 5.99. The van der Waals surface area contributed by atoms with Crippen LogP contribution in [-0.2, 0) is 11.0 Å². The minimum atomic E-state index is -4.58. The van der Waals surface area contributed by atoms with Crippen LogP contribution in [0.2, 0.25) is 0 Å². The number of rotatable bonds is 2. The van der Waals surface area contributed by atoms with Gasteiger partial charge in [-0.05, 0) is 31.5 Å². The van der Waals surface area contributed by atoms with Gasteiger partial charge in [0.1, 0.15) is 0 Å². The van der Waals surface area contributed by atoms with Crippen LogP contribution < -0.4 is 10.2 Å². The van der Waals surface area contributed by atoms with E-state index in [2.05, 4.69) is 5.32 Å². The molecule has 2 saturated heterocycles. The standard InChI is InChI=1S/C17H20F3N3O2/c1-11-10-21-4-6-22(11)16(25)12-7-13(17(18,19)20)9-14(8-12)23-5-2-3-15(23)24/h7-9,11,21H,2-6,10H2,1H3/t11-/m1/s1. The Morgan fingerprint density at radius 2 is 2.00 bits per heavy atom. The molecule has 8 heteroatoms. The molecule has 0 bridgehead atoms. The van der Waals surface area contributed by atoms with E-state index < -0.39 is 17.6 Å². The smallest absolute Gasteiger partial charge is 0.333 e. The Hall–Kier alpha value is -2.09. The fraction of sp³-hybridized carbons (Fsp3) is 0.529. The summed E-state index contributed by atoms with van der Waals surface area (Å²) >= 11 is 0. The van der Waals surface area contributed by atoms with Crippen LogP contribution in [0.5, 0.6) is 0 Å². The lowest BCUT2D eigenvalue weighted by Gasteiger charge is -2.34. The van der Waals surface area contributed by atoms with Gasteiger partial charge in [0.2, 0.25) is 5.91 Å². The molecule has 3 rings (SSSR count). The number of carbonyl (C=O) groups excluding carboxylic acids is 2. The highest BCUT2D eigenvalue weighted by Crippen LogP contribution is 2.34. The molecule has 5 nitrogen and oxygen atoms in total.